The number of aliphatic hydroxyl groups is 1. The normalized spacial score (nSPS) is 25.9. The van der Waals surface area contributed by atoms with E-state index in [1.807, 2.05) is 0 Å². The van der Waals surface area contributed by atoms with Crippen LogP contribution in [0, 0.1) is 12.8 Å². The number of aryl methyl sites for hydroxylation is 1. The number of carbonyl (C=O) groups is 1. The first-order chi connectivity index (χ1) is 14.9. The van der Waals surface area contributed by atoms with Crippen LogP contribution in [0.15, 0.2) is 47.0 Å². The maximum Gasteiger partial charge on any atom is 0.267 e. The molecule has 0 bridgehead atoms. The Morgan fingerprint density at radius 3 is 2.74 bits per heavy atom. The number of nitrogens with zero attached hydrogens (tertiary/aromatic N) is 4. The number of rotatable bonds is 5. The Hall–Kier alpha value is -3.27. The van der Waals surface area contributed by atoms with Crippen LogP contribution in [-0.4, -0.2) is 50.2 Å². The summed E-state index contributed by atoms with van der Waals surface area (Å²) in [7, 11) is 0. The third kappa shape index (κ3) is 4.15. The fourth-order valence-corrected chi connectivity index (χ4v) is 3.59. The maximum absolute atomic E-state index is 15.6. The molecule has 4 atom stereocenters. The van der Waals surface area contributed by atoms with Gasteiger partial charge in [-0.25, -0.2) is 8.78 Å². The number of alkyl halides is 2. The number of halogens is 2. The monoisotopic (exact) mass is 429 g/mol. The van der Waals surface area contributed by atoms with E-state index in [9.17, 15) is 14.3 Å². The van der Waals surface area contributed by atoms with Crippen LogP contribution in [0.25, 0.3) is 11.5 Å². The van der Waals surface area contributed by atoms with Gasteiger partial charge in [0, 0.05) is 18.0 Å². The van der Waals surface area contributed by atoms with Crippen LogP contribution in [-0.2, 0) is 5.67 Å². The van der Waals surface area contributed by atoms with Crippen molar-refractivity contribution in [1.82, 2.24) is 25.7 Å². The first-order valence-electron chi connectivity index (χ1n) is 9.87. The van der Waals surface area contributed by atoms with E-state index in [1.54, 1.807) is 49.4 Å². The number of aromatic nitrogens is 4. The summed E-state index contributed by atoms with van der Waals surface area (Å²) in [5, 5.41) is 24.5. The zero-order chi connectivity index (χ0) is 22.0. The minimum Gasteiger partial charge on any atom is -0.386 e. The molecule has 2 N–H and O–H groups in total. The maximum atomic E-state index is 15.6. The average molecular weight is 429 g/mol. The molecule has 2 heterocycles. The van der Waals surface area contributed by atoms with Gasteiger partial charge < -0.3 is 14.9 Å². The van der Waals surface area contributed by atoms with Crippen molar-refractivity contribution in [2.75, 3.05) is 6.54 Å². The van der Waals surface area contributed by atoms with Gasteiger partial charge in [0.2, 0.25) is 11.5 Å². The Labute approximate surface area is 176 Å². The molecule has 1 amide bonds. The molecule has 0 unspecified atom stereocenters. The molecule has 162 valence electrons. The van der Waals surface area contributed by atoms with E-state index in [0.29, 0.717) is 11.3 Å². The molecule has 1 aromatic carbocycles. The highest BCUT2D eigenvalue weighted by Gasteiger charge is 2.54. The average Bonchev–Trinajstić information content (AvgIpc) is 3.29. The molecule has 2 aromatic heterocycles. The molecule has 0 saturated heterocycles. The lowest BCUT2D eigenvalue weighted by molar-refractivity contribution is -0.121. The van der Waals surface area contributed by atoms with Gasteiger partial charge in [0.05, 0.1) is 5.69 Å². The fourth-order valence-electron chi connectivity index (χ4n) is 3.59. The van der Waals surface area contributed by atoms with Crippen LogP contribution in [0.5, 0.6) is 0 Å². The van der Waals surface area contributed by atoms with Crippen LogP contribution in [0.4, 0.5) is 8.78 Å². The number of hydrogen-bond acceptors (Lipinski definition) is 7. The van der Waals surface area contributed by atoms with Crippen molar-refractivity contribution in [3.05, 3.63) is 59.6 Å². The Morgan fingerprint density at radius 2 is 2.03 bits per heavy atom. The summed E-state index contributed by atoms with van der Waals surface area (Å²) in [5.41, 5.74) is -1.15. The molecule has 3 aromatic rings. The summed E-state index contributed by atoms with van der Waals surface area (Å²) in [6.45, 7) is 1.73. The SMILES string of the molecule is Cc1ccc(-c2noc([C@@]3(F)CC[C@H](CNC(=O)c4ccccc4)[C@@H](F)[C@H]3O)n2)nn1. The molecule has 1 fully saturated rings. The molecular formula is C21H21F2N5O3. The van der Waals surface area contributed by atoms with E-state index in [-0.39, 0.29) is 36.8 Å². The van der Waals surface area contributed by atoms with Gasteiger partial charge in [-0.15, -0.1) is 5.10 Å². The number of nitrogens with one attached hydrogen (secondary N) is 1. The molecule has 0 radical (unpaired) electrons. The first kappa shape index (κ1) is 21.0. The van der Waals surface area contributed by atoms with Gasteiger partial charge in [0.25, 0.3) is 11.8 Å². The number of carbonyl (C=O) groups excluding carboxylic acids is 1. The topological polar surface area (TPSA) is 114 Å². The first-order valence-corrected chi connectivity index (χ1v) is 9.87. The lowest BCUT2D eigenvalue weighted by Crippen LogP contribution is -2.52. The van der Waals surface area contributed by atoms with Crippen molar-refractivity contribution >= 4 is 5.91 Å². The minimum absolute atomic E-state index is 0.000573. The van der Waals surface area contributed by atoms with Gasteiger partial charge in [-0.1, -0.05) is 23.4 Å². The third-order valence-corrected chi connectivity index (χ3v) is 5.47. The van der Waals surface area contributed by atoms with Crippen molar-refractivity contribution in [2.45, 2.75) is 37.7 Å². The molecular weight excluding hydrogens is 408 g/mol. The highest BCUT2D eigenvalue weighted by molar-refractivity contribution is 5.94. The molecule has 4 rings (SSSR count). The Bertz CT molecular complexity index is 1050. The summed E-state index contributed by atoms with van der Waals surface area (Å²) >= 11 is 0. The molecule has 1 aliphatic carbocycles. The molecule has 1 saturated carbocycles. The van der Waals surface area contributed by atoms with Crippen LogP contribution in [0.2, 0.25) is 0 Å². The molecule has 31 heavy (non-hydrogen) atoms. The van der Waals surface area contributed by atoms with Crippen molar-refractivity contribution < 1.29 is 23.2 Å². The molecule has 1 aliphatic rings. The van der Waals surface area contributed by atoms with E-state index >= 15 is 4.39 Å². The van der Waals surface area contributed by atoms with Crippen molar-refractivity contribution in [3.8, 4) is 11.5 Å². The zero-order valence-electron chi connectivity index (χ0n) is 16.7. The highest BCUT2D eigenvalue weighted by atomic mass is 19.2. The second-order valence-corrected chi connectivity index (χ2v) is 7.61. The zero-order valence-corrected chi connectivity index (χ0v) is 16.7. The van der Waals surface area contributed by atoms with E-state index in [4.69, 9.17) is 4.52 Å². The molecule has 0 aliphatic heterocycles. The predicted octanol–water partition coefficient (Wildman–Crippen LogP) is 2.54. The lowest BCUT2D eigenvalue weighted by atomic mass is 9.76. The second-order valence-electron chi connectivity index (χ2n) is 7.61. The second kappa shape index (κ2) is 8.46. The summed E-state index contributed by atoms with van der Waals surface area (Å²) < 4.78 is 35.5. The van der Waals surface area contributed by atoms with Crippen LogP contribution in [0.3, 0.4) is 0 Å². The van der Waals surface area contributed by atoms with Gasteiger partial charge >= 0.3 is 0 Å². The van der Waals surface area contributed by atoms with Crippen LogP contribution in [0.1, 0.15) is 34.8 Å². The van der Waals surface area contributed by atoms with Crippen molar-refractivity contribution in [1.29, 1.82) is 0 Å². The smallest absolute Gasteiger partial charge is 0.267 e. The molecule has 0 spiro atoms. The minimum atomic E-state index is -2.54. The number of hydrogen-bond donors (Lipinski definition) is 2. The summed E-state index contributed by atoms with van der Waals surface area (Å²) in [6.07, 6.45) is -4.10. The number of amides is 1. The number of benzene rings is 1. The largest absolute Gasteiger partial charge is 0.386 e. The lowest BCUT2D eigenvalue weighted by Gasteiger charge is -2.38. The van der Waals surface area contributed by atoms with E-state index in [0.717, 1.165) is 0 Å². The molecule has 8 nitrogen and oxygen atoms in total. The van der Waals surface area contributed by atoms with Gasteiger partial charge in [0.1, 0.15) is 18.0 Å². The van der Waals surface area contributed by atoms with Crippen molar-refractivity contribution in [3.63, 3.8) is 0 Å². The Kier molecular flexibility index (Phi) is 5.73. The standard InChI is InChI=1S/C21H21F2N5O3/c1-12-7-8-15(27-26-12)18-25-20(31-28-18)21(23)10-9-14(16(22)17(21)29)11-24-19(30)13-5-3-2-4-6-13/h2-8,14,16-17,29H,9-11H2,1H3,(H,24,30)/t14-,16-,17-,21-/m1/s1. The van der Waals surface area contributed by atoms with E-state index in [2.05, 4.69) is 25.7 Å². The molecule has 10 heteroatoms. The summed E-state index contributed by atoms with van der Waals surface area (Å²) in [6, 6.07) is 11.8. The third-order valence-electron chi connectivity index (χ3n) is 5.47. The van der Waals surface area contributed by atoms with Gasteiger partial charge in [-0.3, -0.25) is 4.79 Å². The fraction of sp³-hybridized carbons (Fsp3) is 0.381. The van der Waals surface area contributed by atoms with Crippen LogP contribution >= 0.6 is 0 Å². The van der Waals surface area contributed by atoms with Gasteiger partial charge in [0.15, 0.2) is 0 Å². The predicted molar refractivity (Wildman–Crippen MR) is 105 cm³/mol. The van der Waals surface area contributed by atoms with Gasteiger partial charge in [-0.05, 0) is 44.0 Å². The van der Waals surface area contributed by atoms with E-state index < -0.39 is 29.8 Å². The highest BCUT2D eigenvalue weighted by Crippen LogP contribution is 2.44. The summed E-state index contributed by atoms with van der Waals surface area (Å²) in [5.74, 6) is -1.62. The number of aliphatic hydroxyl groups excluding tert-OH is 1. The van der Waals surface area contributed by atoms with Crippen molar-refractivity contribution in [2.24, 2.45) is 5.92 Å². The summed E-state index contributed by atoms with van der Waals surface area (Å²) in [4.78, 5) is 16.1. The quantitative estimate of drug-likeness (QED) is 0.641. The Balaban J connectivity index is 1.43. The van der Waals surface area contributed by atoms with E-state index in [1.165, 1.54) is 0 Å². The van der Waals surface area contributed by atoms with Gasteiger partial charge in [-0.2, -0.15) is 10.1 Å². The Morgan fingerprint density at radius 1 is 1.26 bits per heavy atom. The van der Waals surface area contributed by atoms with Crippen LogP contribution < -0.4 is 5.32 Å².